The van der Waals surface area contributed by atoms with E-state index in [1.54, 1.807) is 28.9 Å². The quantitative estimate of drug-likeness (QED) is 0.0859. The number of piperazine rings is 1. The Kier molecular flexibility index (Phi) is 8.98. The summed E-state index contributed by atoms with van der Waals surface area (Å²) in [5, 5.41) is 21.9. The Hall–Kier alpha value is -4.84. The van der Waals surface area contributed by atoms with Crippen molar-refractivity contribution in [2.75, 3.05) is 25.4 Å². The maximum absolute atomic E-state index is 13.2. The average Bonchev–Trinajstić information content (AvgIpc) is 3.34. The number of fused-ring (bicyclic) bond motifs is 3. The second kappa shape index (κ2) is 13.3. The van der Waals surface area contributed by atoms with Gasteiger partial charge in [-0.15, -0.1) is 10.2 Å². The molecule has 2 amide bonds. The summed E-state index contributed by atoms with van der Waals surface area (Å²) in [6.45, 7) is 7.49. The Labute approximate surface area is 270 Å². The number of aryl methyl sites for hydroxylation is 2. The first-order valence-corrected chi connectivity index (χ1v) is 16.3. The highest BCUT2D eigenvalue weighted by atomic mass is 32.2. The van der Waals surface area contributed by atoms with Crippen LogP contribution in [0.4, 0.5) is 5.69 Å². The lowest BCUT2D eigenvalue weighted by molar-refractivity contribution is -0.385. The highest BCUT2D eigenvalue weighted by molar-refractivity contribution is 7.99. The molecule has 0 unspecified atom stereocenters. The summed E-state index contributed by atoms with van der Waals surface area (Å²) < 4.78 is 2.19. The number of benzene rings is 3. The second-order valence-electron chi connectivity index (χ2n) is 11.8. The van der Waals surface area contributed by atoms with Crippen molar-refractivity contribution in [3.63, 3.8) is 0 Å². The van der Waals surface area contributed by atoms with Crippen LogP contribution in [0.3, 0.4) is 0 Å². The maximum Gasteiger partial charge on any atom is 0.273 e. The van der Waals surface area contributed by atoms with E-state index in [1.165, 1.54) is 23.4 Å². The van der Waals surface area contributed by atoms with Crippen molar-refractivity contribution in [1.82, 2.24) is 29.5 Å². The minimum Gasteiger partial charge on any atom is -0.339 e. The number of amides is 2. The van der Waals surface area contributed by atoms with Crippen molar-refractivity contribution in [3.05, 3.63) is 99.1 Å². The highest BCUT2D eigenvalue weighted by Gasteiger charge is 2.31. The number of nitro groups is 1. The third-order valence-corrected chi connectivity index (χ3v) is 9.37. The summed E-state index contributed by atoms with van der Waals surface area (Å²) in [5.41, 5.74) is 5.68. The molecule has 5 aromatic rings. The van der Waals surface area contributed by atoms with Crippen molar-refractivity contribution in [2.24, 2.45) is 0 Å². The zero-order valence-electron chi connectivity index (χ0n) is 26.0. The van der Waals surface area contributed by atoms with Crippen molar-refractivity contribution in [3.8, 4) is 0 Å². The number of hydrogen-bond acceptors (Lipinski definition) is 8. The zero-order chi connectivity index (χ0) is 32.4. The molecule has 1 atom stereocenters. The van der Waals surface area contributed by atoms with E-state index >= 15 is 0 Å². The van der Waals surface area contributed by atoms with E-state index in [0.29, 0.717) is 55.5 Å². The molecular weight excluding hydrogens is 602 g/mol. The molecule has 0 aliphatic carbocycles. The lowest BCUT2D eigenvalue weighted by Gasteiger charge is -2.40. The lowest BCUT2D eigenvalue weighted by atomic mass is 10.1. The predicted octanol–water partition coefficient (Wildman–Crippen LogP) is 5.80. The summed E-state index contributed by atoms with van der Waals surface area (Å²) in [5.74, 6) is 0.443. The fourth-order valence-corrected chi connectivity index (χ4v) is 6.70. The van der Waals surface area contributed by atoms with Crippen LogP contribution < -0.4 is 0 Å². The van der Waals surface area contributed by atoms with E-state index in [1.807, 2.05) is 25.1 Å². The summed E-state index contributed by atoms with van der Waals surface area (Å²) in [4.78, 5) is 45.5. The first-order valence-electron chi connectivity index (χ1n) is 15.3. The number of aromatic nitrogens is 4. The van der Waals surface area contributed by atoms with E-state index in [2.05, 4.69) is 52.0 Å². The topological polar surface area (TPSA) is 127 Å². The molecule has 3 heterocycles. The Morgan fingerprint density at radius 3 is 2.59 bits per heavy atom. The molecule has 0 spiro atoms. The number of carbonyl (C=O) groups excluding carboxylic acids is 2. The van der Waals surface area contributed by atoms with Gasteiger partial charge in [-0.2, -0.15) is 0 Å². The van der Waals surface area contributed by atoms with Gasteiger partial charge in [0.2, 0.25) is 11.1 Å². The van der Waals surface area contributed by atoms with Crippen LogP contribution in [0, 0.1) is 24.0 Å². The lowest BCUT2D eigenvalue weighted by Crippen LogP contribution is -2.55. The zero-order valence-corrected chi connectivity index (χ0v) is 26.9. The number of thioether (sulfide) groups is 1. The minimum atomic E-state index is -0.474. The van der Waals surface area contributed by atoms with Crippen LogP contribution in [-0.2, 0) is 11.3 Å². The van der Waals surface area contributed by atoms with Gasteiger partial charge < -0.3 is 14.4 Å². The molecule has 1 fully saturated rings. The van der Waals surface area contributed by atoms with Gasteiger partial charge in [-0.05, 0) is 51.0 Å². The van der Waals surface area contributed by atoms with Crippen molar-refractivity contribution >= 4 is 51.3 Å². The Morgan fingerprint density at radius 1 is 1.02 bits per heavy atom. The van der Waals surface area contributed by atoms with E-state index in [0.717, 1.165) is 27.6 Å². The molecule has 0 saturated carbocycles. The molecule has 0 radical (unpaired) electrons. The molecule has 1 aliphatic heterocycles. The molecule has 0 N–H and O–H groups in total. The molecule has 3 aromatic carbocycles. The molecule has 46 heavy (non-hydrogen) atoms. The Balaban J connectivity index is 1.06. The Bertz CT molecular complexity index is 1950. The van der Waals surface area contributed by atoms with Gasteiger partial charge in [0, 0.05) is 67.0 Å². The van der Waals surface area contributed by atoms with Crippen molar-refractivity contribution in [2.45, 2.75) is 51.4 Å². The third kappa shape index (κ3) is 6.43. The number of carbonyl (C=O) groups is 2. The van der Waals surface area contributed by atoms with Gasteiger partial charge in [0.1, 0.15) is 5.52 Å². The molecule has 0 bridgehead atoms. The van der Waals surface area contributed by atoms with E-state index < -0.39 is 4.92 Å². The Morgan fingerprint density at radius 2 is 1.83 bits per heavy atom. The van der Waals surface area contributed by atoms with E-state index in [4.69, 9.17) is 4.98 Å². The van der Waals surface area contributed by atoms with Crippen LogP contribution >= 0.6 is 11.8 Å². The molecule has 6 rings (SSSR count). The number of nitro benzene ring substituents is 1. The predicted molar refractivity (Wildman–Crippen MR) is 178 cm³/mol. The summed E-state index contributed by atoms with van der Waals surface area (Å²) in [6.07, 6.45) is 1.03. The van der Waals surface area contributed by atoms with Crippen LogP contribution in [0.15, 0.2) is 71.9 Å². The van der Waals surface area contributed by atoms with Crippen LogP contribution in [0.2, 0.25) is 0 Å². The fourth-order valence-electron chi connectivity index (χ4n) is 5.98. The molecule has 11 nitrogen and oxygen atoms in total. The first kappa shape index (κ1) is 31.2. The van der Waals surface area contributed by atoms with Gasteiger partial charge in [-0.25, -0.2) is 4.98 Å². The number of hydrogen-bond donors (Lipinski definition) is 0. The fraction of sp³-hybridized carbons (Fsp3) is 0.324. The normalized spacial score (nSPS) is 15.1. The van der Waals surface area contributed by atoms with Gasteiger partial charge >= 0.3 is 0 Å². The largest absolute Gasteiger partial charge is 0.339 e. The number of nitrogens with zero attached hydrogens (tertiary/aromatic N) is 7. The van der Waals surface area contributed by atoms with Gasteiger partial charge in [-0.1, -0.05) is 59.8 Å². The summed E-state index contributed by atoms with van der Waals surface area (Å²) >= 11 is 1.49. The SMILES string of the molecule is Cc1ccc2c(c1)c1nnc(SCCCC(=O)N3CCN(C(=O)c4ccc(C)c([N+](=O)[O-])c4)[C@H](C)C3)nc1n2Cc1ccccc1. The molecular formula is C34H35N7O4S. The van der Waals surface area contributed by atoms with Crippen molar-refractivity contribution < 1.29 is 14.5 Å². The highest BCUT2D eigenvalue weighted by Crippen LogP contribution is 2.29. The van der Waals surface area contributed by atoms with Gasteiger partial charge in [0.25, 0.3) is 11.6 Å². The van der Waals surface area contributed by atoms with Gasteiger partial charge in [0.15, 0.2) is 5.65 Å². The molecule has 2 aromatic heterocycles. The average molecular weight is 638 g/mol. The number of rotatable bonds is 9. The van der Waals surface area contributed by atoms with E-state index in [9.17, 15) is 19.7 Å². The minimum absolute atomic E-state index is 0.0402. The second-order valence-corrected chi connectivity index (χ2v) is 12.8. The smallest absolute Gasteiger partial charge is 0.273 e. The summed E-state index contributed by atoms with van der Waals surface area (Å²) in [7, 11) is 0. The standard InChI is InChI=1S/C34H35N7O4S/c1-22-11-14-28-27(18-22)31-32(40(28)21-25-8-5-4-6-9-25)35-34(37-36-31)46-17-7-10-30(42)38-15-16-39(24(3)20-38)33(43)26-13-12-23(2)29(19-26)41(44)45/h4-6,8-9,11-14,18-19,24H,7,10,15-17,20-21H2,1-3H3/t24-/m1/s1. The van der Waals surface area contributed by atoms with Crippen molar-refractivity contribution in [1.29, 1.82) is 0 Å². The summed E-state index contributed by atoms with van der Waals surface area (Å²) in [6, 6.07) is 20.9. The molecule has 1 aliphatic rings. The molecule has 236 valence electrons. The van der Waals surface area contributed by atoms with Gasteiger partial charge in [-0.3, -0.25) is 19.7 Å². The van der Waals surface area contributed by atoms with Crippen LogP contribution in [0.25, 0.3) is 22.1 Å². The van der Waals surface area contributed by atoms with Crippen LogP contribution in [0.5, 0.6) is 0 Å². The van der Waals surface area contributed by atoms with Crippen LogP contribution in [0.1, 0.15) is 46.8 Å². The monoisotopic (exact) mass is 637 g/mol. The molecule has 1 saturated heterocycles. The van der Waals surface area contributed by atoms with Crippen LogP contribution in [-0.4, -0.2) is 77.7 Å². The maximum atomic E-state index is 13.2. The first-order chi connectivity index (χ1) is 22.2. The van der Waals surface area contributed by atoms with Gasteiger partial charge in [0.05, 0.1) is 10.4 Å². The third-order valence-electron chi connectivity index (χ3n) is 8.45. The van der Waals surface area contributed by atoms with E-state index in [-0.39, 0.29) is 29.1 Å². The molecule has 12 heteroatoms.